The number of oxazole rings is 1. The summed E-state index contributed by atoms with van der Waals surface area (Å²) < 4.78 is 5.54. The van der Waals surface area contributed by atoms with Crippen molar-refractivity contribution in [3.05, 3.63) is 36.1 Å². The minimum atomic E-state index is 0.0957. The van der Waals surface area contributed by atoms with Gasteiger partial charge in [0.2, 0.25) is 0 Å². The molecule has 1 atom stereocenters. The average Bonchev–Trinajstić information content (AvgIpc) is 2.92. The van der Waals surface area contributed by atoms with E-state index in [1.54, 1.807) is 0 Å². The van der Waals surface area contributed by atoms with Crippen molar-refractivity contribution in [3.63, 3.8) is 0 Å². The Kier molecular flexibility index (Phi) is 2.83. The number of aromatic amines is 1. The summed E-state index contributed by atoms with van der Waals surface area (Å²) in [5.41, 5.74) is 9.43. The van der Waals surface area contributed by atoms with E-state index in [-0.39, 0.29) is 6.04 Å². The lowest BCUT2D eigenvalue weighted by Gasteiger charge is -2.00. The van der Waals surface area contributed by atoms with E-state index in [1.807, 2.05) is 38.2 Å². The Balaban J connectivity index is 1.96. The fraction of sp³-hybridized carbons (Fsp3) is 0.286. The van der Waals surface area contributed by atoms with Crippen LogP contribution in [-0.2, 0) is 6.42 Å². The summed E-state index contributed by atoms with van der Waals surface area (Å²) in [4.78, 5) is 11.9. The first kappa shape index (κ1) is 11.9. The third kappa shape index (κ3) is 2.37. The van der Waals surface area contributed by atoms with E-state index >= 15 is 0 Å². The van der Waals surface area contributed by atoms with Gasteiger partial charge in [-0.25, -0.2) is 9.97 Å². The van der Waals surface area contributed by atoms with Crippen molar-refractivity contribution in [3.8, 4) is 11.3 Å². The Hall–Kier alpha value is -2.14. The van der Waals surface area contributed by atoms with Crippen LogP contribution in [0.1, 0.15) is 18.6 Å². The smallest absolute Gasteiger partial charge is 0.192 e. The number of nitrogens with one attached hydrogen (secondary N) is 1. The number of hydrogen-bond acceptors (Lipinski definition) is 4. The third-order valence-electron chi connectivity index (χ3n) is 2.95. The van der Waals surface area contributed by atoms with Gasteiger partial charge in [0.1, 0.15) is 11.3 Å². The van der Waals surface area contributed by atoms with Crippen molar-refractivity contribution in [1.82, 2.24) is 15.0 Å². The van der Waals surface area contributed by atoms with E-state index in [0.717, 1.165) is 34.6 Å². The fourth-order valence-corrected chi connectivity index (χ4v) is 2.13. The van der Waals surface area contributed by atoms with Crippen molar-refractivity contribution in [2.45, 2.75) is 26.3 Å². The van der Waals surface area contributed by atoms with Crippen molar-refractivity contribution in [1.29, 1.82) is 0 Å². The van der Waals surface area contributed by atoms with Gasteiger partial charge in [-0.2, -0.15) is 0 Å². The Bertz CT molecular complexity index is 711. The molecule has 0 aliphatic carbocycles. The fourth-order valence-electron chi connectivity index (χ4n) is 2.13. The van der Waals surface area contributed by atoms with Gasteiger partial charge < -0.3 is 15.1 Å². The summed E-state index contributed by atoms with van der Waals surface area (Å²) in [6.07, 6.45) is 2.56. The molecule has 0 saturated heterocycles. The van der Waals surface area contributed by atoms with Crippen LogP contribution in [0.25, 0.3) is 22.4 Å². The second-order valence-corrected chi connectivity index (χ2v) is 4.84. The summed E-state index contributed by atoms with van der Waals surface area (Å²) in [7, 11) is 0. The van der Waals surface area contributed by atoms with Gasteiger partial charge in [0.05, 0.1) is 11.9 Å². The van der Waals surface area contributed by atoms with Crippen LogP contribution in [0.5, 0.6) is 0 Å². The van der Waals surface area contributed by atoms with E-state index in [9.17, 15) is 0 Å². The van der Waals surface area contributed by atoms with E-state index < -0.39 is 0 Å². The molecule has 0 fully saturated rings. The van der Waals surface area contributed by atoms with Crippen molar-refractivity contribution in [2.24, 2.45) is 5.73 Å². The molecule has 0 saturated carbocycles. The van der Waals surface area contributed by atoms with Crippen LogP contribution >= 0.6 is 0 Å². The van der Waals surface area contributed by atoms with Crippen molar-refractivity contribution >= 4 is 11.1 Å². The molecule has 3 aromatic rings. The van der Waals surface area contributed by atoms with Crippen LogP contribution < -0.4 is 5.73 Å². The van der Waals surface area contributed by atoms with Gasteiger partial charge in [-0.05, 0) is 19.1 Å². The number of rotatable bonds is 3. The van der Waals surface area contributed by atoms with E-state index in [0.29, 0.717) is 5.89 Å². The highest BCUT2D eigenvalue weighted by Crippen LogP contribution is 2.23. The quantitative estimate of drug-likeness (QED) is 0.754. The second-order valence-electron chi connectivity index (χ2n) is 4.84. The van der Waals surface area contributed by atoms with Gasteiger partial charge in [-0.1, -0.05) is 6.07 Å². The van der Waals surface area contributed by atoms with Crippen LogP contribution in [0.2, 0.25) is 0 Å². The molecule has 5 nitrogen and oxygen atoms in total. The number of nitrogens with zero attached hydrogens (tertiary/aromatic N) is 2. The Morgan fingerprint density at radius 3 is 3.05 bits per heavy atom. The highest BCUT2D eigenvalue weighted by Gasteiger charge is 2.08. The van der Waals surface area contributed by atoms with Gasteiger partial charge >= 0.3 is 0 Å². The zero-order chi connectivity index (χ0) is 13.4. The third-order valence-corrected chi connectivity index (χ3v) is 2.95. The molecule has 0 aliphatic heterocycles. The van der Waals surface area contributed by atoms with Crippen molar-refractivity contribution < 1.29 is 4.42 Å². The molecule has 0 radical (unpaired) electrons. The molecule has 19 heavy (non-hydrogen) atoms. The molecule has 0 bridgehead atoms. The molecule has 3 N–H and O–H groups in total. The second kappa shape index (κ2) is 4.51. The van der Waals surface area contributed by atoms with Crippen LogP contribution in [0.4, 0.5) is 0 Å². The minimum absolute atomic E-state index is 0.0957. The molecular formula is C14H16N4O. The number of aromatic nitrogens is 3. The molecule has 0 amide bonds. The molecule has 3 rings (SSSR count). The topological polar surface area (TPSA) is 80.7 Å². The number of hydrogen-bond donors (Lipinski definition) is 2. The SMILES string of the molecule is Cc1nc2ccc(-c3cnc(CC(C)N)[nH]3)cc2o1. The van der Waals surface area contributed by atoms with Gasteiger partial charge in [0.25, 0.3) is 0 Å². The zero-order valence-corrected chi connectivity index (χ0v) is 11.0. The lowest BCUT2D eigenvalue weighted by Crippen LogP contribution is -2.18. The normalized spacial score (nSPS) is 13.0. The van der Waals surface area contributed by atoms with Gasteiger partial charge in [-0.3, -0.25) is 0 Å². The Morgan fingerprint density at radius 1 is 1.42 bits per heavy atom. The molecule has 98 valence electrons. The predicted octanol–water partition coefficient (Wildman–Crippen LogP) is 2.42. The number of H-pyrrole nitrogens is 1. The first-order chi connectivity index (χ1) is 9.11. The number of aryl methyl sites for hydroxylation is 1. The van der Waals surface area contributed by atoms with Gasteiger partial charge in [0.15, 0.2) is 11.5 Å². The molecule has 2 aromatic heterocycles. The largest absolute Gasteiger partial charge is 0.441 e. The van der Waals surface area contributed by atoms with Crippen LogP contribution in [0.15, 0.2) is 28.8 Å². The summed E-state index contributed by atoms with van der Waals surface area (Å²) in [5.74, 6) is 1.58. The highest BCUT2D eigenvalue weighted by molar-refractivity contribution is 5.79. The van der Waals surface area contributed by atoms with Crippen LogP contribution in [0.3, 0.4) is 0 Å². The van der Waals surface area contributed by atoms with Gasteiger partial charge in [0, 0.05) is 24.9 Å². The highest BCUT2D eigenvalue weighted by atomic mass is 16.3. The lowest BCUT2D eigenvalue weighted by molar-refractivity contribution is 0.561. The minimum Gasteiger partial charge on any atom is -0.441 e. The maximum absolute atomic E-state index is 5.77. The standard InChI is InChI=1S/C14H16N4O/c1-8(15)5-14-16-7-12(18-14)10-3-4-11-13(6-10)19-9(2)17-11/h3-4,6-8H,5,15H2,1-2H3,(H,16,18). The van der Waals surface area contributed by atoms with Crippen LogP contribution in [-0.4, -0.2) is 21.0 Å². The monoisotopic (exact) mass is 256 g/mol. The number of nitrogens with two attached hydrogens (primary N) is 1. The van der Waals surface area contributed by atoms with Crippen molar-refractivity contribution in [2.75, 3.05) is 0 Å². The predicted molar refractivity (Wildman–Crippen MR) is 73.7 cm³/mol. The molecule has 2 heterocycles. The summed E-state index contributed by atoms with van der Waals surface area (Å²) >= 11 is 0. The molecule has 5 heteroatoms. The molecule has 0 aliphatic rings. The first-order valence-corrected chi connectivity index (χ1v) is 6.29. The molecular weight excluding hydrogens is 240 g/mol. The van der Waals surface area contributed by atoms with Gasteiger partial charge in [-0.15, -0.1) is 0 Å². The summed E-state index contributed by atoms with van der Waals surface area (Å²) in [5, 5.41) is 0. The molecule has 0 spiro atoms. The zero-order valence-electron chi connectivity index (χ0n) is 11.0. The molecule has 1 unspecified atom stereocenters. The maximum Gasteiger partial charge on any atom is 0.192 e. The van der Waals surface area contributed by atoms with E-state index in [4.69, 9.17) is 10.2 Å². The van der Waals surface area contributed by atoms with Crippen LogP contribution in [0, 0.1) is 6.92 Å². The molecule has 1 aromatic carbocycles. The maximum atomic E-state index is 5.77. The Morgan fingerprint density at radius 2 is 2.26 bits per heavy atom. The number of fused-ring (bicyclic) bond motifs is 1. The first-order valence-electron chi connectivity index (χ1n) is 6.29. The van der Waals surface area contributed by atoms with E-state index in [1.165, 1.54) is 0 Å². The summed E-state index contributed by atoms with van der Waals surface area (Å²) in [6, 6.07) is 6.03. The number of imidazole rings is 1. The average molecular weight is 256 g/mol. The number of benzene rings is 1. The Labute approximate surface area is 110 Å². The van der Waals surface area contributed by atoms with E-state index in [2.05, 4.69) is 15.0 Å². The summed E-state index contributed by atoms with van der Waals surface area (Å²) in [6.45, 7) is 3.81. The lowest BCUT2D eigenvalue weighted by atomic mass is 10.1.